The smallest absolute Gasteiger partial charge is 0.247 e. The third-order valence-electron chi connectivity index (χ3n) is 2.45. The standard InChI is InChI=1S/C11H16N2S2/c1-5-11(2,12-8-13(3)4)9-6-7-15-10(9)14/h6-8H,3,5H2,1-2,4H3/p+1/b12-8-. The van der Waals surface area contributed by atoms with Crippen molar-refractivity contribution in [2.45, 2.75) is 30.0 Å². The summed E-state index contributed by atoms with van der Waals surface area (Å²) in [6.07, 6.45) is 2.70. The van der Waals surface area contributed by atoms with Crippen molar-refractivity contribution < 1.29 is 4.58 Å². The molecule has 0 radical (unpaired) electrons. The van der Waals surface area contributed by atoms with Crippen LogP contribution in [0.15, 0.2) is 20.6 Å². The summed E-state index contributed by atoms with van der Waals surface area (Å²) in [6.45, 7) is 8.00. The SMILES string of the molecule is C=[N+](C)/C=N\C(C)(CC)c1ccsc1S. The minimum Gasteiger partial charge on any atom is -0.247 e. The second kappa shape index (κ2) is 4.94. The summed E-state index contributed by atoms with van der Waals surface area (Å²) in [5.41, 5.74) is 1.000. The van der Waals surface area contributed by atoms with E-state index in [1.807, 2.05) is 7.05 Å². The Hall–Kier alpha value is -0.610. The van der Waals surface area contributed by atoms with E-state index in [9.17, 15) is 0 Å². The van der Waals surface area contributed by atoms with Crippen LogP contribution in [0.1, 0.15) is 25.8 Å². The molecule has 0 aliphatic rings. The maximum atomic E-state index is 4.57. The fraction of sp³-hybridized carbons (Fsp3) is 0.455. The van der Waals surface area contributed by atoms with Crippen LogP contribution in [0, 0.1) is 0 Å². The van der Waals surface area contributed by atoms with Gasteiger partial charge in [-0.2, -0.15) is 0 Å². The number of thiol groups is 1. The fourth-order valence-corrected chi connectivity index (χ4v) is 2.53. The van der Waals surface area contributed by atoms with Crippen molar-refractivity contribution in [3.05, 3.63) is 17.0 Å². The highest BCUT2D eigenvalue weighted by Gasteiger charge is 2.31. The molecular weight excluding hydrogens is 224 g/mol. The lowest BCUT2D eigenvalue weighted by molar-refractivity contribution is -0.350. The van der Waals surface area contributed by atoms with E-state index in [4.69, 9.17) is 0 Å². The first kappa shape index (κ1) is 12.5. The van der Waals surface area contributed by atoms with Gasteiger partial charge in [0.1, 0.15) is 0 Å². The monoisotopic (exact) mass is 241 g/mol. The summed E-state index contributed by atoms with van der Waals surface area (Å²) in [5.74, 6) is 0. The third kappa shape index (κ3) is 2.92. The van der Waals surface area contributed by atoms with Crippen LogP contribution < -0.4 is 0 Å². The largest absolute Gasteiger partial charge is 0.280 e. The Balaban J connectivity index is 3.05. The molecule has 82 valence electrons. The van der Waals surface area contributed by atoms with E-state index in [1.165, 1.54) is 5.56 Å². The quantitative estimate of drug-likeness (QED) is 0.361. The normalized spacial score (nSPS) is 15.5. The molecule has 2 nitrogen and oxygen atoms in total. The van der Waals surface area contributed by atoms with E-state index in [0.29, 0.717) is 0 Å². The molecule has 0 aromatic carbocycles. The number of hydrogen-bond donors (Lipinski definition) is 1. The number of rotatable bonds is 4. The Morgan fingerprint density at radius 3 is 2.80 bits per heavy atom. The summed E-state index contributed by atoms with van der Waals surface area (Å²) >= 11 is 6.10. The molecule has 0 bridgehead atoms. The van der Waals surface area contributed by atoms with Crippen molar-refractivity contribution in [2.75, 3.05) is 7.05 Å². The van der Waals surface area contributed by atoms with Crippen molar-refractivity contribution >= 4 is 37.0 Å². The number of nitrogens with zero attached hydrogens (tertiary/aromatic N) is 2. The first-order valence-corrected chi connectivity index (χ1v) is 6.18. The lowest BCUT2D eigenvalue weighted by atomic mass is 9.92. The van der Waals surface area contributed by atoms with E-state index in [-0.39, 0.29) is 5.54 Å². The molecule has 1 heterocycles. The average molecular weight is 241 g/mol. The molecule has 0 saturated carbocycles. The van der Waals surface area contributed by atoms with Gasteiger partial charge in [0.05, 0.1) is 18.0 Å². The molecule has 0 spiro atoms. The molecule has 0 amide bonds. The molecular formula is C11H17N2S2+. The Labute approximate surface area is 101 Å². The van der Waals surface area contributed by atoms with Gasteiger partial charge in [-0.05, 0) is 24.8 Å². The van der Waals surface area contributed by atoms with Gasteiger partial charge in [-0.3, -0.25) is 0 Å². The van der Waals surface area contributed by atoms with Gasteiger partial charge in [0.15, 0.2) is 5.54 Å². The zero-order chi connectivity index (χ0) is 11.5. The highest BCUT2D eigenvalue weighted by Crippen LogP contribution is 2.36. The molecule has 0 aliphatic carbocycles. The molecule has 1 aromatic heterocycles. The van der Waals surface area contributed by atoms with E-state index >= 15 is 0 Å². The van der Waals surface area contributed by atoms with Gasteiger partial charge in [-0.25, -0.2) is 4.58 Å². The Kier molecular flexibility index (Phi) is 4.11. The highest BCUT2D eigenvalue weighted by molar-refractivity contribution is 7.82. The molecule has 0 aliphatic heterocycles. The van der Waals surface area contributed by atoms with Gasteiger partial charge in [0.2, 0.25) is 0 Å². The van der Waals surface area contributed by atoms with Gasteiger partial charge < -0.3 is 0 Å². The van der Waals surface area contributed by atoms with Crippen LogP contribution in [0.5, 0.6) is 0 Å². The zero-order valence-electron chi connectivity index (χ0n) is 9.40. The molecule has 0 saturated heterocycles. The van der Waals surface area contributed by atoms with Gasteiger partial charge >= 0.3 is 0 Å². The van der Waals surface area contributed by atoms with Gasteiger partial charge in [0, 0.05) is 5.56 Å². The van der Waals surface area contributed by atoms with E-state index < -0.39 is 0 Å². The summed E-state index contributed by atoms with van der Waals surface area (Å²) in [6, 6.07) is 2.09. The first-order chi connectivity index (χ1) is 6.99. The van der Waals surface area contributed by atoms with Crippen LogP contribution in [0.25, 0.3) is 0 Å². The minimum absolute atomic E-state index is 0.191. The highest BCUT2D eigenvalue weighted by atomic mass is 32.2. The molecule has 1 atom stereocenters. The van der Waals surface area contributed by atoms with E-state index in [2.05, 4.69) is 49.6 Å². The van der Waals surface area contributed by atoms with Gasteiger partial charge in [-0.15, -0.1) is 24.0 Å². The Morgan fingerprint density at radius 1 is 1.73 bits per heavy atom. The van der Waals surface area contributed by atoms with Crippen LogP contribution in [-0.4, -0.2) is 24.7 Å². The summed E-state index contributed by atoms with van der Waals surface area (Å²) in [5, 5.41) is 2.05. The van der Waals surface area contributed by atoms with Crippen molar-refractivity contribution in [1.29, 1.82) is 0 Å². The average Bonchev–Trinajstić information content (AvgIpc) is 2.61. The molecule has 1 unspecified atom stereocenters. The van der Waals surface area contributed by atoms with Gasteiger partial charge in [0.25, 0.3) is 6.34 Å². The Morgan fingerprint density at radius 2 is 2.40 bits per heavy atom. The van der Waals surface area contributed by atoms with Crippen LogP contribution >= 0.6 is 24.0 Å². The van der Waals surface area contributed by atoms with Crippen LogP contribution in [0.4, 0.5) is 0 Å². The van der Waals surface area contributed by atoms with Crippen molar-refractivity contribution in [3.8, 4) is 0 Å². The first-order valence-electron chi connectivity index (χ1n) is 4.85. The van der Waals surface area contributed by atoms with Crippen LogP contribution in [0.2, 0.25) is 0 Å². The molecule has 0 fully saturated rings. The van der Waals surface area contributed by atoms with E-state index in [1.54, 1.807) is 22.3 Å². The zero-order valence-corrected chi connectivity index (χ0v) is 11.1. The topological polar surface area (TPSA) is 15.4 Å². The predicted molar refractivity (Wildman–Crippen MR) is 71.0 cm³/mol. The van der Waals surface area contributed by atoms with Crippen molar-refractivity contribution in [1.82, 2.24) is 0 Å². The van der Waals surface area contributed by atoms with E-state index in [0.717, 1.165) is 10.6 Å². The fourth-order valence-electron chi connectivity index (χ4n) is 1.29. The van der Waals surface area contributed by atoms with Crippen molar-refractivity contribution in [2.24, 2.45) is 4.99 Å². The molecule has 1 rings (SSSR count). The summed E-state index contributed by atoms with van der Waals surface area (Å²) in [4.78, 5) is 4.57. The number of aliphatic imine (C=N–C) groups is 1. The molecule has 15 heavy (non-hydrogen) atoms. The number of thiophene rings is 1. The van der Waals surface area contributed by atoms with Gasteiger partial charge in [-0.1, -0.05) is 11.9 Å². The molecule has 0 N–H and O–H groups in total. The second-order valence-electron chi connectivity index (χ2n) is 3.77. The lowest BCUT2D eigenvalue weighted by Gasteiger charge is -2.16. The molecule has 1 aromatic rings. The maximum absolute atomic E-state index is 4.57. The Bertz CT molecular complexity index is 382. The van der Waals surface area contributed by atoms with Crippen molar-refractivity contribution in [3.63, 3.8) is 0 Å². The molecule has 4 heteroatoms. The summed E-state index contributed by atoms with van der Waals surface area (Å²) < 4.78 is 2.75. The minimum atomic E-state index is -0.191. The predicted octanol–water partition coefficient (Wildman–Crippen LogP) is 3.03. The second-order valence-corrected chi connectivity index (χ2v) is 5.43. The number of hydrogen-bond acceptors (Lipinski definition) is 3. The van der Waals surface area contributed by atoms with Crippen LogP contribution in [0.3, 0.4) is 0 Å². The maximum Gasteiger partial charge on any atom is 0.280 e. The summed E-state index contributed by atoms with van der Waals surface area (Å²) in [7, 11) is 1.87. The van der Waals surface area contributed by atoms with Crippen LogP contribution in [-0.2, 0) is 5.54 Å². The third-order valence-corrected chi connectivity index (χ3v) is 3.73. The lowest BCUT2D eigenvalue weighted by Crippen LogP contribution is -2.19.